The molecule has 1 aromatic rings. The van der Waals surface area contributed by atoms with E-state index in [0.717, 1.165) is 24.8 Å². The van der Waals surface area contributed by atoms with Crippen molar-refractivity contribution >= 4 is 28.2 Å². The average molecular weight is 324 g/mol. The minimum atomic E-state index is -0.390. The van der Waals surface area contributed by atoms with Gasteiger partial charge in [0.2, 0.25) is 5.91 Å². The number of amides is 1. The smallest absolute Gasteiger partial charge is 0.341 e. The average Bonchev–Trinajstić information content (AvgIpc) is 2.82. The van der Waals surface area contributed by atoms with Gasteiger partial charge in [-0.05, 0) is 36.2 Å². The fourth-order valence-corrected chi connectivity index (χ4v) is 4.24. The van der Waals surface area contributed by atoms with Gasteiger partial charge in [-0.25, -0.2) is 4.79 Å². The minimum absolute atomic E-state index is 0.103. The van der Waals surface area contributed by atoms with Gasteiger partial charge in [-0.15, -0.1) is 11.3 Å². The van der Waals surface area contributed by atoms with Crippen molar-refractivity contribution in [2.24, 2.45) is 17.1 Å². The van der Waals surface area contributed by atoms with E-state index in [9.17, 15) is 9.59 Å². The predicted molar refractivity (Wildman–Crippen MR) is 88.3 cm³/mol. The first-order valence-corrected chi connectivity index (χ1v) is 8.32. The normalized spacial score (nSPS) is 17.8. The number of fused-ring (bicyclic) bond motifs is 1. The zero-order chi connectivity index (χ0) is 16.5. The van der Waals surface area contributed by atoms with Crippen LogP contribution < -0.4 is 11.1 Å². The van der Waals surface area contributed by atoms with Gasteiger partial charge in [0.15, 0.2) is 0 Å². The number of hydrogen-bond acceptors (Lipinski definition) is 5. The van der Waals surface area contributed by atoms with Gasteiger partial charge in [-0.2, -0.15) is 0 Å². The van der Waals surface area contributed by atoms with E-state index in [1.807, 2.05) is 0 Å². The van der Waals surface area contributed by atoms with Crippen molar-refractivity contribution in [2.45, 2.75) is 40.0 Å². The largest absolute Gasteiger partial charge is 0.465 e. The molecule has 122 valence electrons. The first-order chi connectivity index (χ1) is 10.3. The first-order valence-electron chi connectivity index (χ1n) is 7.50. The van der Waals surface area contributed by atoms with Crippen LogP contribution in [0.1, 0.15) is 48.0 Å². The molecule has 1 heterocycles. The Bertz CT molecular complexity index is 587. The van der Waals surface area contributed by atoms with Gasteiger partial charge in [-0.1, -0.05) is 20.8 Å². The van der Waals surface area contributed by atoms with Gasteiger partial charge < -0.3 is 15.8 Å². The first kappa shape index (κ1) is 17.0. The van der Waals surface area contributed by atoms with Crippen LogP contribution in [-0.2, 0) is 22.4 Å². The van der Waals surface area contributed by atoms with Crippen molar-refractivity contribution in [1.82, 2.24) is 0 Å². The molecule has 3 N–H and O–H groups in total. The molecule has 0 radical (unpaired) electrons. The number of carbonyl (C=O) groups excluding carboxylic acids is 2. The third kappa shape index (κ3) is 3.33. The van der Waals surface area contributed by atoms with Crippen molar-refractivity contribution in [3.05, 3.63) is 16.0 Å². The van der Waals surface area contributed by atoms with Crippen LogP contribution in [0.25, 0.3) is 0 Å². The molecule has 0 saturated heterocycles. The number of rotatable bonds is 3. The van der Waals surface area contributed by atoms with E-state index < -0.39 is 0 Å². The third-order valence-corrected chi connectivity index (χ3v) is 5.49. The second-order valence-corrected chi connectivity index (χ2v) is 7.86. The molecule has 0 spiro atoms. The van der Waals surface area contributed by atoms with E-state index in [1.165, 1.54) is 23.3 Å². The zero-order valence-corrected chi connectivity index (χ0v) is 14.4. The molecule has 2 rings (SSSR count). The highest BCUT2D eigenvalue weighted by Gasteiger charge is 2.34. The molecular weight excluding hydrogens is 300 g/mol. The summed E-state index contributed by atoms with van der Waals surface area (Å²) in [4.78, 5) is 24.9. The fourth-order valence-electron chi connectivity index (χ4n) is 2.91. The molecule has 6 heteroatoms. The van der Waals surface area contributed by atoms with Crippen LogP contribution in [-0.4, -0.2) is 25.5 Å². The van der Waals surface area contributed by atoms with E-state index in [4.69, 9.17) is 10.5 Å². The van der Waals surface area contributed by atoms with Crippen molar-refractivity contribution in [2.75, 3.05) is 19.0 Å². The Morgan fingerprint density at radius 1 is 1.41 bits per heavy atom. The van der Waals surface area contributed by atoms with Crippen molar-refractivity contribution in [1.29, 1.82) is 0 Å². The summed E-state index contributed by atoms with van der Waals surface area (Å²) in [7, 11) is 1.36. The van der Waals surface area contributed by atoms with Crippen LogP contribution in [0, 0.1) is 11.3 Å². The second kappa shape index (κ2) is 6.38. The Hall–Kier alpha value is -1.40. The minimum Gasteiger partial charge on any atom is -0.465 e. The Morgan fingerprint density at radius 3 is 2.64 bits per heavy atom. The summed E-state index contributed by atoms with van der Waals surface area (Å²) in [6, 6.07) is 0. The number of thiophene rings is 1. The molecule has 1 aliphatic carbocycles. The molecule has 1 unspecified atom stereocenters. The lowest BCUT2D eigenvalue weighted by Gasteiger charge is -2.33. The summed E-state index contributed by atoms with van der Waals surface area (Å²) in [6.45, 7) is 6.63. The molecule has 22 heavy (non-hydrogen) atoms. The number of nitrogens with two attached hydrogens (primary N) is 1. The summed E-state index contributed by atoms with van der Waals surface area (Å²) in [5.74, 6) is -0.114. The topological polar surface area (TPSA) is 81.4 Å². The number of carbonyl (C=O) groups is 2. The lowest BCUT2D eigenvalue weighted by molar-refractivity contribution is -0.114. The summed E-state index contributed by atoms with van der Waals surface area (Å²) >= 11 is 1.48. The molecule has 1 aliphatic rings. The second-order valence-electron chi connectivity index (χ2n) is 6.76. The molecule has 0 bridgehead atoms. The van der Waals surface area contributed by atoms with Crippen molar-refractivity contribution in [3.63, 3.8) is 0 Å². The van der Waals surface area contributed by atoms with Crippen LogP contribution in [0.4, 0.5) is 5.00 Å². The molecule has 5 nitrogen and oxygen atoms in total. The molecule has 1 aromatic heterocycles. The molecule has 0 aromatic carbocycles. The maximum absolute atomic E-state index is 12.1. The van der Waals surface area contributed by atoms with Crippen LogP contribution >= 0.6 is 11.3 Å². The van der Waals surface area contributed by atoms with Gasteiger partial charge in [0.25, 0.3) is 0 Å². The molecule has 1 amide bonds. The number of esters is 1. The Kier molecular flexibility index (Phi) is 4.92. The predicted octanol–water partition coefficient (Wildman–Crippen LogP) is 2.58. The van der Waals surface area contributed by atoms with Crippen molar-refractivity contribution < 1.29 is 14.3 Å². The SMILES string of the molecule is COC(=O)c1c(NC(=O)CN)sc2c1CCC(C(C)(C)C)C2. The van der Waals surface area contributed by atoms with E-state index in [1.54, 1.807) is 0 Å². The maximum atomic E-state index is 12.1. The Balaban J connectivity index is 2.39. The van der Waals surface area contributed by atoms with Gasteiger partial charge in [0.1, 0.15) is 5.00 Å². The summed E-state index contributed by atoms with van der Waals surface area (Å²) in [5, 5.41) is 3.31. The molecule has 0 saturated carbocycles. The number of anilines is 1. The standard InChI is InChI=1S/C16H24N2O3S/c1-16(2,3)9-5-6-10-11(7-9)22-14(18-12(19)8-17)13(10)15(20)21-4/h9H,5-8,17H2,1-4H3,(H,18,19). The molecule has 0 fully saturated rings. The van der Waals surface area contributed by atoms with Crippen LogP contribution in [0.3, 0.4) is 0 Å². The molecular formula is C16H24N2O3S. The number of ether oxygens (including phenoxy) is 1. The van der Waals surface area contributed by atoms with Gasteiger partial charge in [0, 0.05) is 4.88 Å². The molecule has 1 atom stereocenters. The third-order valence-electron chi connectivity index (χ3n) is 4.32. The van der Waals surface area contributed by atoms with Crippen LogP contribution in [0.2, 0.25) is 0 Å². The number of hydrogen-bond donors (Lipinski definition) is 2. The number of methoxy groups -OCH3 is 1. The quantitative estimate of drug-likeness (QED) is 0.837. The van der Waals surface area contributed by atoms with E-state index in [2.05, 4.69) is 26.1 Å². The van der Waals surface area contributed by atoms with E-state index >= 15 is 0 Å². The van der Waals surface area contributed by atoms with Gasteiger partial charge in [-0.3, -0.25) is 4.79 Å². The highest BCUT2D eigenvalue weighted by Crippen LogP contribution is 2.44. The fraction of sp³-hybridized carbons (Fsp3) is 0.625. The highest BCUT2D eigenvalue weighted by molar-refractivity contribution is 7.17. The maximum Gasteiger partial charge on any atom is 0.341 e. The lowest BCUT2D eigenvalue weighted by Crippen LogP contribution is -2.26. The van der Waals surface area contributed by atoms with Gasteiger partial charge >= 0.3 is 5.97 Å². The van der Waals surface area contributed by atoms with Gasteiger partial charge in [0.05, 0.1) is 19.2 Å². The highest BCUT2D eigenvalue weighted by atomic mass is 32.1. The van der Waals surface area contributed by atoms with Crippen LogP contribution in [0.5, 0.6) is 0 Å². The lowest BCUT2D eigenvalue weighted by atomic mass is 9.72. The van der Waals surface area contributed by atoms with E-state index in [-0.39, 0.29) is 23.8 Å². The Morgan fingerprint density at radius 2 is 2.09 bits per heavy atom. The van der Waals surface area contributed by atoms with Crippen LogP contribution in [0.15, 0.2) is 0 Å². The summed E-state index contributed by atoms with van der Waals surface area (Å²) < 4.78 is 4.90. The summed E-state index contributed by atoms with van der Waals surface area (Å²) in [6.07, 6.45) is 2.82. The number of nitrogens with one attached hydrogen (secondary N) is 1. The van der Waals surface area contributed by atoms with E-state index in [0.29, 0.717) is 16.5 Å². The monoisotopic (exact) mass is 324 g/mol. The zero-order valence-electron chi connectivity index (χ0n) is 13.6. The molecule has 0 aliphatic heterocycles. The summed E-state index contributed by atoms with van der Waals surface area (Å²) in [5.41, 5.74) is 7.13. The van der Waals surface area contributed by atoms with Crippen molar-refractivity contribution in [3.8, 4) is 0 Å². The Labute approximate surface area is 135 Å².